The molecule has 0 atom stereocenters. The molecule has 2 rings (SSSR count). The topological polar surface area (TPSA) is 79.6 Å². The first kappa shape index (κ1) is 16.8. The second-order valence-corrected chi connectivity index (χ2v) is 5.20. The van der Waals surface area contributed by atoms with Crippen molar-refractivity contribution in [3.8, 4) is 0 Å². The highest BCUT2D eigenvalue weighted by molar-refractivity contribution is 6.31. The summed E-state index contributed by atoms with van der Waals surface area (Å²) in [5, 5.41) is 17.7. The Morgan fingerprint density at radius 3 is 2.61 bits per heavy atom. The average Bonchev–Trinajstić information content (AvgIpc) is 2.56. The normalized spacial score (nSPS) is 11.1. The maximum atomic E-state index is 10.8. The van der Waals surface area contributed by atoms with Gasteiger partial charge in [0.1, 0.15) is 0 Å². The summed E-state index contributed by atoms with van der Waals surface area (Å²) < 4.78 is 0. The second-order valence-electron chi connectivity index (χ2n) is 4.80. The minimum absolute atomic E-state index is 0.0725. The van der Waals surface area contributed by atoms with Crippen molar-refractivity contribution in [3.05, 3.63) is 74.8 Å². The summed E-state index contributed by atoms with van der Waals surface area (Å²) in [6.07, 6.45) is 0. The first-order valence-electron chi connectivity index (χ1n) is 7.01. The molecule has 2 aromatic rings. The van der Waals surface area contributed by atoms with Crippen LogP contribution in [-0.2, 0) is 13.1 Å². The molecule has 0 bridgehead atoms. The van der Waals surface area contributed by atoms with E-state index in [4.69, 9.17) is 11.6 Å². The number of benzene rings is 2. The molecule has 120 valence electrons. The van der Waals surface area contributed by atoms with Gasteiger partial charge in [-0.15, -0.1) is 0 Å². The number of hydrogen-bond donors (Lipinski definition) is 2. The Bertz CT molecular complexity index is 719. The quantitative estimate of drug-likeness (QED) is 0.381. The molecule has 0 unspecified atom stereocenters. The lowest BCUT2D eigenvalue weighted by Crippen LogP contribution is -2.36. The van der Waals surface area contributed by atoms with Crippen LogP contribution in [0.2, 0.25) is 5.02 Å². The zero-order valence-corrected chi connectivity index (χ0v) is 13.4. The van der Waals surface area contributed by atoms with Crippen LogP contribution in [-0.4, -0.2) is 17.9 Å². The third kappa shape index (κ3) is 4.96. The van der Waals surface area contributed by atoms with Gasteiger partial charge < -0.3 is 10.6 Å². The number of nitro groups is 1. The molecule has 0 spiro atoms. The summed E-state index contributed by atoms with van der Waals surface area (Å²) in [6.45, 7) is 0.970. The van der Waals surface area contributed by atoms with Crippen molar-refractivity contribution in [2.45, 2.75) is 13.1 Å². The Labute approximate surface area is 139 Å². The number of rotatable bonds is 5. The number of aliphatic imine (C=N–C) groups is 1. The number of hydrogen-bond acceptors (Lipinski definition) is 3. The number of halogens is 1. The minimum atomic E-state index is -0.409. The van der Waals surface area contributed by atoms with Crippen LogP contribution in [0, 0.1) is 10.1 Å². The maximum absolute atomic E-state index is 10.8. The standard InChI is InChI=1S/C16H17ClN4O2/c1-18-16(20-11-13-6-2-3-8-15(13)17)19-10-12-5-4-7-14(9-12)21(22)23/h2-9H,10-11H2,1H3,(H2,18,19,20). The molecule has 0 amide bonds. The van der Waals surface area contributed by atoms with E-state index in [1.54, 1.807) is 13.1 Å². The molecule has 7 heteroatoms. The molecule has 0 radical (unpaired) electrons. The van der Waals surface area contributed by atoms with E-state index in [-0.39, 0.29) is 5.69 Å². The van der Waals surface area contributed by atoms with E-state index in [2.05, 4.69) is 15.6 Å². The zero-order valence-electron chi connectivity index (χ0n) is 12.6. The van der Waals surface area contributed by atoms with E-state index in [1.165, 1.54) is 12.1 Å². The molecular weight excluding hydrogens is 316 g/mol. The lowest BCUT2D eigenvalue weighted by Gasteiger charge is -2.12. The molecule has 0 saturated carbocycles. The third-order valence-electron chi connectivity index (χ3n) is 3.21. The fraction of sp³-hybridized carbons (Fsp3) is 0.188. The SMILES string of the molecule is CN=C(NCc1cccc([N+](=O)[O-])c1)NCc1ccccc1Cl. The van der Waals surface area contributed by atoms with E-state index in [0.29, 0.717) is 24.1 Å². The monoisotopic (exact) mass is 332 g/mol. The van der Waals surface area contributed by atoms with E-state index in [9.17, 15) is 10.1 Å². The Hall–Kier alpha value is -2.60. The van der Waals surface area contributed by atoms with Gasteiger partial charge in [0, 0.05) is 37.3 Å². The summed E-state index contributed by atoms with van der Waals surface area (Å²) in [5.41, 5.74) is 1.84. The van der Waals surface area contributed by atoms with Crippen molar-refractivity contribution in [1.82, 2.24) is 10.6 Å². The van der Waals surface area contributed by atoms with Crippen LogP contribution in [0.15, 0.2) is 53.5 Å². The first-order chi connectivity index (χ1) is 11.1. The molecule has 0 fully saturated rings. The van der Waals surface area contributed by atoms with Crippen LogP contribution in [0.25, 0.3) is 0 Å². The predicted molar refractivity (Wildman–Crippen MR) is 91.6 cm³/mol. The van der Waals surface area contributed by atoms with Gasteiger partial charge in [-0.1, -0.05) is 41.9 Å². The zero-order chi connectivity index (χ0) is 16.7. The van der Waals surface area contributed by atoms with Crippen LogP contribution in [0.5, 0.6) is 0 Å². The summed E-state index contributed by atoms with van der Waals surface area (Å²) in [5.74, 6) is 0.594. The van der Waals surface area contributed by atoms with Crippen LogP contribution >= 0.6 is 11.6 Å². The van der Waals surface area contributed by atoms with Gasteiger partial charge in [0.05, 0.1) is 4.92 Å². The first-order valence-corrected chi connectivity index (χ1v) is 7.39. The molecule has 2 N–H and O–H groups in total. The van der Waals surface area contributed by atoms with Crippen molar-refractivity contribution in [1.29, 1.82) is 0 Å². The molecule has 0 aliphatic heterocycles. The number of nitrogens with one attached hydrogen (secondary N) is 2. The Morgan fingerprint density at radius 1 is 1.17 bits per heavy atom. The smallest absolute Gasteiger partial charge is 0.269 e. The van der Waals surface area contributed by atoms with Crippen molar-refractivity contribution in [2.75, 3.05) is 7.05 Å². The number of nitrogens with zero attached hydrogens (tertiary/aromatic N) is 2. The molecule has 6 nitrogen and oxygen atoms in total. The van der Waals surface area contributed by atoms with Crippen LogP contribution in [0.4, 0.5) is 5.69 Å². The van der Waals surface area contributed by atoms with Crippen molar-refractivity contribution in [3.63, 3.8) is 0 Å². The van der Waals surface area contributed by atoms with Gasteiger partial charge in [-0.05, 0) is 17.2 Å². The van der Waals surface area contributed by atoms with E-state index < -0.39 is 4.92 Å². The molecule has 0 aliphatic carbocycles. The van der Waals surface area contributed by atoms with E-state index >= 15 is 0 Å². The summed E-state index contributed by atoms with van der Waals surface area (Å²) in [6, 6.07) is 14.0. The lowest BCUT2D eigenvalue weighted by molar-refractivity contribution is -0.384. The molecule has 0 heterocycles. The van der Waals surface area contributed by atoms with Gasteiger partial charge >= 0.3 is 0 Å². The average molecular weight is 333 g/mol. The molecule has 0 saturated heterocycles. The van der Waals surface area contributed by atoms with Crippen LogP contribution < -0.4 is 10.6 Å². The summed E-state index contributed by atoms with van der Waals surface area (Å²) in [7, 11) is 1.66. The molecule has 2 aromatic carbocycles. The van der Waals surface area contributed by atoms with Crippen molar-refractivity contribution in [2.24, 2.45) is 4.99 Å². The Balaban J connectivity index is 1.92. The fourth-order valence-corrected chi connectivity index (χ4v) is 2.21. The highest BCUT2D eigenvalue weighted by atomic mass is 35.5. The molecule has 0 aromatic heterocycles. The van der Waals surface area contributed by atoms with Gasteiger partial charge in [-0.25, -0.2) is 0 Å². The second kappa shape index (κ2) is 8.14. The van der Waals surface area contributed by atoms with Gasteiger partial charge in [0.25, 0.3) is 5.69 Å². The van der Waals surface area contributed by atoms with Crippen molar-refractivity contribution < 1.29 is 4.92 Å². The highest BCUT2D eigenvalue weighted by Gasteiger charge is 2.06. The predicted octanol–water partition coefficient (Wildman–Crippen LogP) is 3.11. The summed E-state index contributed by atoms with van der Waals surface area (Å²) >= 11 is 6.11. The van der Waals surface area contributed by atoms with Gasteiger partial charge in [0.2, 0.25) is 0 Å². The lowest BCUT2D eigenvalue weighted by atomic mass is 10.2. The van der Waals surface area contributed by atoms with E-state index in [1.807, 2.05) is 30.3 Å². The third-order valence-corrected chi connectivity index (χ3v) is 3.58. The number of non-ortho nitro benzene ring substituents is 1. The molecule has 0 aliphatic rings. The van der Waals surface area contributed by atoms with Crippen LogP contribution in [0.1, 0.15) is 11.1 Å². The molecular formula is C16H17ClN4O2. The number of guanidine groups is 1. The van der Waals surface area contributed by atoms with E-state index in [0.717, 1.165) is 11.1 Å². The van der Waals surface area contributed by atoms with Gasteiger partial charge in [0.15, 0.2) is 5.96 Å². The van der Waals surface area contributed by atoms with Crippen molar-refractivity contribution >= 4 is 23.2 Å². The van der Waals surface area contributed by atoms with Gasteiger partial charge in [-0.2, -0.15) is 0 Å². The maximum Gasteiger partial charge on any atom is 0.269 e. The van der Waals surface area contributed by atoms with Crippen LogP contribution in [0.3, 0.4) is 0 Å². The molecule has 23 heavy (non-hydrogen) atoms. The largest absolute Gasteiger partial charge is 0.352 e. The number of nitro benzene ring substituents is 1. The highest BCUT2D eigenvalue weighted by Crippen LogP contribution is 2.14. The summed E-state index contributed by atoms with van der Waals surface area (Å²) in [4.78, 5) is 14.5. The Morgan fingerprint density at radius 2 is 1.91 bits per heavy atom. The fourth-order valence-electron chi connectivity index (χ4n) is 2.01. The minimum Gasteiger partial charge on any atom is -0.352 e. The van der Waals surface area contributed by atoms with Gasteiger partial charge in [-0.3, -0.25) is 15.1 Å². The Kier molecular flexibility index (Phi) is 5.94.